The van der Waals surface area contributed by atoms with Crippen molar-refractivity contribution in [1.29, 1.82) is 0 Å². The average Bonchev–Trinajstić information content (AvgIpc) is 3.18. The predicted octanol–water partition coefficient (Wildman–Crippen LogP) is 1.43. The van der Waals surface area contributed by atoms with Gasteiger partial charge >= 0.3 is 6.18 Å². The molecule has 8 heteroatoms. The van der Waals surface area contributed by atoms with Crippen molar-refractivity contribution in [1.82, 2.24) is 15.5 Å². The molecule has 1 amide bonds. The number of carbonyl (C=O) groups excluding carboxylic acids is 1. The first kappa shape index (κ1) is 13.6. The molecule has 19 heavy (non-hydrogen) atoms. The molecule has 1 aliphatic carbocycles. The van der Waals surface area contributed by atoms with Gasteiger partial charge in [0.15, 0.2) is 5.69 Å². The van der Waals surface area contributed by atoms with Gasteiger partial charge in [0.05, 0.1) is 0 Å². The number of nitrogens with one attached hydrogen (secondary N) is 2. The van der Waals surface area contributed by atoms with Crippen LogP contribution in [-0.2, 0) is 11.0 Å². The molecule has 1 saturated carbocycles. The second kappa shape index (κ2) is 5.41. The lowest BCUT2D eigenvalue weighted by Gasteiger charge is -2.08. The van der Waals surface area contributed by atoms with Gasteiger partial charge in [-0.1, -0.05) is 0 Å². The van der Waals surface area contributed by atoms with E-state index < -0.39 is 11.9 Å². The number of nitrogens with zero attached hydrogens (tertiary/aromatic N) is 2. The topological polar surface area (TPSA) is 66.9 Å². The molecule has 0 spiro atoms. The maximum Gasteiger partial charge on any atom is 0.435 e. The smallest absolute Gasteiger partial charge is 0.367 e. The largest absolute Gasteiger partial charge is 0.435 e. The monoisotopic (exact) mass is 274 g/mol. The van der Waals surface area contributed by atoms with E-state index in [1.54, 1.807) is 0 Å². The van der Waals surface area contributed by atoms with Crippen LogP contribution in [0.3, 0.4) is 0 Å². The van der Waals surface area contributed by atoms with Crippen molar-refractivity contribution in [2.24, 2.45) is 5.92 Å². The molecule has 0 radical (unpaired) electrons. The SMILES string of the molecule is O=C(NCCNc1ccc(C(F)(F)F)nn1)C1CC1. The Morgan fingerprint density at radius 3 is 2.53 bits per heavy atom. The highest BCUT2D eigenvalue weighted by molar-refractivity contribution is 5.80. The molecule has 1 aromatic rings. The number of rotatable bonds is 5. The summed E-state index contributed by atoms with van der Waals surface area (Å²) in [6.07, 6.45) is -2.61. The molecule has 1 aliphatic rings. The minimum Gasteiger partial charge on any atom is -0.367 e. The number of amides is 1. The van der Waals surface area contributed by atoms with Gasteiger partial charge in [0, 0.05) is 19.0 Å². The maximum atomic E-state index is 12.2. The molecule has 104 valence electrons. The summed E-state index contributed by atoms with van der Waals surface area (Å²) in [5.41, 5.74) is -1.03. The molecular formula is C11H13F3N4O. The van der Waals surface area contributed by atoms with E-state index in [-0.39, 0.29) is 17.6 Å². The van der Waals surface area contributed by atoms with E-state index >= 15 is 0 Å². The van der Waals surface area contributed by atoms with Gasteiger partial charge < -0.3 is 10.6 Å². The third-order valence-corrected chi connectivity index (χ3v) is 2.63. The van der Waals surface area contributed by atoms with Crippen LogP contribution in [0, 0.1) is 5.92 Å². The van der Waals surface area contributed by atoms with Crippen molar-refractivity contribution in [2.75, 3.05) is 18.4 Å². The highest BCUT2D eigenvalue weighted by Gasteiger charge is 2.32. The molecule has 0 saturated heterocycles. The number of alkyl halides is 3. The summed E-state index contributed by atoms with van der Waals surface area (Å²) in [5, 5.41) is 12.0. The zero-order chi connectivity index (χ0) is 13.9. The molecular weight excluding hydrogens is 261 g/mol. The van der Waals surface area contributed by atoms with Crippen molar-refractivity contribution in [3.05, 3.63) is 17.8 Å². The number of anilines is 1. The Balaban J connectivity index is 1.72. The summed E-state index contributed by atoms with van der Waals surface area (Å²) < 4.78 is 36.7. The second-order valence-electron chi connectivity index (χ2n) is 4.29. The Hall–Kier alpha value is -1.86. The number of hydrogen-bond acceptors (Lipinski definition) is 4. The van der Waals surface area contributed by atoms with Crippen LogP contribution in [0.5, 0.6) is 0 Å². The first-order valence-electron chi connectivity index (χ1n) is 5.89. The van der Waals surface area contributed by atoms with Crippen LogP contribution in [0.15, 0.2) is 12.1 Å². The van der Waals surface area contributed by atoms with E-state index in [0.717, 1.165) is 18.9 Å². The minimum atomic E-state index is -4.48. The Kier molecular flexibility index (Phi) is 3.87. The highest BCUT2D eigenvalue weighted by Crippen LogP contribution is 2.28. The fraction of sp³-hybridized carbons (Fsp3) is 0.545. The van der Waals surface area contributed by atoms with E-state index in [4.69, 9.17) is 0 Å². The highest BCUT2D eigenvalue weighted by atomic mass is 19.4. The van der Waals surface area contributed by atoms with Crippen LogP contribution in [0.2, 0.25) is 0 Å². The molecule has 2 N–H and O–H groups in total. The number of carbonyl (C=O) groups is 1. The first-order chi connectivity index (χ1) is 8.97. The lowest BCUT2D eigenvalue weighted by Crippen LogP contribution is -2.30. The van der Waals surface area contributed by atoms with Crippen molar-refractivity contribution in [3.8, 4) is 0 Å². The Morgan fingerprint density at radius 2 is 2.00 bits per heavy atom. The van der Waals surface area contributed by atoms with Gasteiger partial charge in [0.25, 0.3) is 0 Å². The molecule has 0 aromatic carbocycles. The van der Waals surface area contributed by atoms with Crippen molar-refractivity contribution < 1.29 is 18.0 Å². The molecule has 0 unspecified atom stereocenters. The summed E-state index contributed by atoms with van der Waals surface area (Å²) in [5.74, 6) is 0.417. The molecule has 1 aromatic heterocycles. The summed E-state index contributed by atoms with van der Waals surface area (Å²) in [4.78, 5) is 11.3. The van der Waals surface area contributed by atoms with E-state index in [1.807, 2.05) is 0 Å². The van der Waals surface area contributed by atoms with E-state index in [0.29, 0.717) is 13.1 Å². The van der Waals surface area contributed by atoms with Crippen LogP contribution >= 0.6 is 0 Å². The van der Waals surface area contributed by atoms with Gasteiger partial charge in [0.1, 0.15) is 5.82 Å². The Morgan fingerprint density at radius 1 is 1.26 bits per heavy atom. The quantitative estimate of drug-likeness (QED) is 0.797. The number of halogens is 3. The van der Waals surface area contributed by atoms with E-state index in [1.165, 1.54) is 6.07 Å². The van der Waals surface area contributed by atoms with E-state index in [2.05, 4.69) is 20.8 Å². The van der Waals surface area contributed by atoms with Gasteiger partial charge in [0.2, 0.25) is 5.91 Å². The zero-order valence-corrected chi connectivity index (χ0v) is 10.00. The third-order valence-electron chi connectivity index (χ3n) is 2.63. The molecule has 1 heterocycles. The first-order valence-corrected chi connectivity index (χ1v) is 5.89. The van der Waals surface area contributed by atoms with Crippen molar-refractivity contribution in [3.63, 3.8) is 0 Å². The standard InChI is InChI=1S/C11H13F3N4O/c12-11(13,14)8-3-4-9(18-17-8)15-5-6-16-10(19)7-1-2-7/h3-4,7H,1-2,5-6H2,(H,15,18)(H,16,19). The Bertz CT molecular complexity index is 442. The molecule has 0 aliphatic heterocycles. The number of hydrogen-bond donors (Lipinski definition) is 2. The molecule has 5 nitrogen and oxygen atoms in total. The molecule has 0 bridgehead atoms. The van der Waals surface area contributed by atoms with Crippen molar-refractivity contribution >= 4 is 11.7 Å². The maximum absolute atomic E-state index is 12.2. The molecule has 2 rings (SSSR count). The van der Waals surface area contributed by atoms with Gasteiger partial charge in [-0.3, -0.25) is 4.79 Å². The van der Waals surface area contributed by atoms with Gasteiger partial charge in [-0.05, 0) is 25.0 Å². The Labute approximate surface area is 107 Å². The number of aromatic nitrogens is 2. The van der Waals surface area contributed by atoms with Crippen LogP contribution in [0.25, 0.3) is 0 Å². The molecule has 1 fully saturated rings. The summed E-state index contributed by atoms with van der Waals surface area (Å²) in [6, 6.07) is 2.07. The summed E-state index contributed by atoms with van der Waals surface area (Å²) >= 11 is 0. The fourth-order valence-corrected chi connectivity index (χ4v) is 1.44. The van der Waals surface area contributed by atoms with Gasteiger partial charge in [-0.2, -0.15) is 13.2 Å². The van der Waals surface area contributed by atoms with Crippen LogP contribution < -0.4 is 10.6 Å². The average molecular weight is 274 g/mol. The summed E-state index contributed by atoms with van der Waals surface area (Å²) in [7, 11) is 0. The summed E-state index contributed by atoms with van der Waals surface area (Å²) in [6.45, 7) is 0.788. The normalized spacial score (nSPS) is 15.1. The van der Waals surface area contributed by atoms with Gasteiger partial charge in [-0.15, -0.1) is 10.2 Å². The molecule has 0 atom stereocenters. The second-order valence-corrected chi connectivity index (χ2v) is 4.29. The van der Waals surface area contributed by atoms with Gasteiger partial charge in [-0.25, -0.2) is 0 Å². The third kappa shape index (κ3) is 4.08. The predicted molar refractivity (Wildman–Crippen MR) is 61.3 cm³/mol. The lowest BCUT2D eigenvalue weighted by molar-refractivity contribution is -0.141. The lowest BCUT2D eigenvalue weighted by atomic mass is 10.3. The van der Waals surface area contributed by atoms with E-state index in [9.17, 15) is 18.0 Å². The van der Waals surface area contributed by atoms with Crippen LogP contribution in [0.1, 0.15) is 18.5 Å². The fourth-order valence-electron chi connectivity index (χ4n) is 1.44. The van der Waals surface area contributed by atoms with Crippen molar-refractivity contribution in [2.45, 2.75) is 19.0 Å². The minimum absolute atomic E-state index is 0.0281. The zero-order valence-electron chi connectivity index (χ0n) is 10.00. The van der Waals surface area contributed by atoms with Crippen LogP contribution in [0.4, 0.5) is 19.0 Å². The van der Waals surface area contributed by atoms with Crippen LogP contribution in [-0.4, -0.2) is 29.2 Å².